The zero-order valence-electron chi connectivity index (χ0n) is 14.9. The number of imidazole rings is 1. The highest BCUT2D eigenvalue weighted by Gasteiger charge is 2.26. The van der Waals surface area contributed by atoms with E-state index in [-0.39, 0.29) is 5.69 Å². The van der Waals surface area contributed by atoms with E-state index in [1.54, 1.807) is 0 Å². The fraction of sp³-hybridized carbons (Fsp3) is 0.444. The summed E-state index contributed by atoms with van der Waals surface area (Å²) in [6, 6.07) is 2.30. The summed E-state index contributed by atoms with van der Waals surface area (Å²) in [6.07, 6.45) is 8.13. The number of hydrogen-bond acceptors (Lipinski definition) is 6. The minimum atomic E-state index is -1.08. The van der Waals surface area contributed by atoms with Crippen LogP contribution in [0.4, 0.5) is 5.69 Å². The van der Waals surface area contributed by atoms with Gasteiger partial charge in [-0.2, -0.15) is 0 Å². The Balaban J connectivity index is 1.51. The summed E-state index contributed by atoms with van der Waals surface area (Å²) in [4.78, 5) is 18.2. The van der Waals surface area contributed by atoms with Crippen molar-refractivity contribution in [3.8, 4) is 0 Å². The minimum absolute atomic E-state index is 0.0590. The molecule has 9 heteroatoms. The SMILES string of the molecule is O=C(O)c1cn(Cc2cn3cc(C4CC4)cc(N4CCNCC4)c3n2)nn1. The van der Waals surface area contributed by atoms with Gasteiger partial charge >= 0.3 is 5.97 Å². The highest BCUT2D eigenvalue weighted by Crippen LogP contribution is 2.41. The number of carboxylic acid groups (broad SMARTS) is 1. The molecular formula is C18H21N7O2. The van der Waals surface area contributed by atoms with Gasteiger partial charge in [-0.1, -0.05) is 5.21 Å². The Labute approximate surface area is 155 Å². The van der Waals surface area contributed by atoms with Crippen molar-refractivity contribution < 1.29 is 9.90 Å². The monoisotopic (exact) mass is 367 g/mol. The molecule has 0 atom stereocenters. The Morgan fingerprint density at radius 1 is 1.22 bits per heavy atom. The predicted molar refractivity (Wildman–Crippen MR) is 98.3 cm³/mol. The standard InChI is InChI=1S/C18H21N7O2/c26-18(27)15-11-25(22-21-15)10-14-9-24-8-13(12-1-2-12)7-16(17(24)20-14)23-5-3-19-4-6-23/h7-9,11-12,19H,1-6,10H2,(H,26,27). The number of nitrogens with zero attached hydrogens (tertiary/aromatic N) is 6. The summed E-state index contributed by atoms with van der Waals surface area (Å²) in [5.41, 5.74) is 4.26. The largest absolute Gasteiger partial charge is 0.476 e. The molecule has 0 radical (unpaired) electrons. The van der Waals surface area contributed by atoms with Crippen LogP contribution in [0.1, 0.15) is 40.5 Å². The van der Waals surface area contributed by atoms with Gasteiger partial charge in [0.05, 0.1) is 24.1 Å². The van der Waals surface area contributed by atoms with Gasteiger partial charge in [0.25, 0.3) is 0 Å². The average molecular weight is 367 g/mol. The molecule has 1 saturated heterocycles. The fourth-order valence-corrected chi connectivity index (χ4v) is 3.65. The lowest BCUT2D eigenvalue weighted by Gasteiger charge is -2.30. The second-order valence-electron chi connectivity index (χ2n) is 7.24. The molecule has 2 N–H and O–H groups in total. The smallest absolute Gasteiger partial charge is 0.358 e. The maximum atomic E-state index is 11.0. The number of aromatic nitrogens is 5. The van der Waals surface area contributed by atoms with Crippen LogP contribution in [0.2, 0.25) is 0 Å². The lowest BCUT2D eigenvalue weighted by molar-refractivity contribution is 0.0690. The molecule has 4 heterocycles. The molecule has 0 unspecified atom stereocenters. The molecule has 0 amide bonds. The van der Waals surface area contributed by atoms with E-state index in [0.29, 0.717) is 12.5 Å². The first-order valence-electron chi connectivity index (χ1n) is 9.28. The molecule has 0 bridgehead atoms. The summed E-state index contributed by atoms with van der Waals surface area (Å²) in [6.45, 7) is 4.28. The zero-order chi connectivity index (χ0) is 18.4. The highest BCUT2D eigenvalue weighted by atomic mass is 16.4. The predicted octanol–water partition coefficient (Wildman–Crippen LogP) is 0.959. The van der Waals surface area contributed by atoms with Gasteiger partial charge in [0, 0.05) is 38.6 Å². The number of aromatic carboxylic acids is 1. The molecular weight excluding hydrogens is 346 g/mol. The zero-order valence-corrected chi connectivity index (χ0v) is 14.9. The molecule has 1 aliphatic carbocycles. The van der Waals surface area contributed by atoms with E-state index >= 15 is 0 Å². The Morgan fingerprint density at radius 3 is 2.74 bits per heavy atom. The van der Waals surface area contributed by atoms with Gasteiger partial charge in [0.15, 0.2) is 11.3 Å². The highest BCUT2D eigenvalue weighted by molar-refractivity contribution is 5.84. The number of carboxylic acids is 1. The van der Waals surface area contributed by atoms with E-state index in [1.807, 2.05) is 6.20 Å². The molecule has 3 aromatic rings. The van der Waals surface area contributed by atoms with Crippen molar-refractivity contribution in [1.29, 1.82) is 0 Å². The first-order valence-corrected chi connectivity index (χ1v) is 9.28. The number of anilines is 1. The molecule has 0 spiro atoms. The van der Waals surface area contributed by atoms with Crippen LogP contribution < -0.4 is 10.2 Å². The van der Waals surface area contributed by atoms with Crippen LogP contribution >= 0.6 is 0 Å². The van der Waals surface area contributed by atoms with Crippen LogP contribution in [0, 0.1) is 0 Å². The normalized spacial score (nSPS) is 17.6. The first kappa shape index (κ1) is 16.2. The van der Waals surface area contributed by atoms with E-state index in [0.717, 1.165) is 37.5 Å². The maximum Gasteiger partial charge on any atom is 0.358 e. The Kier molecular flexibility index (Phi) is 3.82. The minimum Gasteiger partial charge on any atom is -0.476 e. The van der Waals surface area contributed by atoms with Crippen molar-refractivity contribution in [2.75, 3.05) is 31.1 Å². The van der Waals surface area contributed by atoms with Crippen molar-refractivity contribution in [3.63, 3.8) is 0 Å². The van der Waals surface area contributed by atoms with Gasteiger partial charge in [0.2, 0.25) is 0 Å². The molecule has 2 fully saturated rings. The lowest BCUT2D eigenvalue weighted by Crippen LogP contribution is -2.43. The van der Waals surface area contributed by atoms with E-state index in [2.05, 4.69) is 37.2 Å². The lowest BCUT2D eigenvalue weighted by atomic mass is 10.1. The number of piperazine rings is 1. The van der Waals surface area contributed by atoms with Crippen LogP contribution in [-0.2, 0) is 6.54 Å². The Bertz CT molecular complexity index is 998. The topological polar surface area (TPSA) is 101 Å². The quantitative estimate of drug-likeness (QED) is 0.693. The van der Waals surface area contributed by atoms with Crippen molar-refractivity contribution in [2.45, 2.75) is 25.3 Å². The summed E-state index contributed by atoms with van der Waals surface area (Å²) < 4.78 is 3.62. The maximum absolute atomic E-state index is 11.0. The van der Waals surface area contributed by atoms with Gasteiger partial charge in [-0.3, -0.25) is 0 Å². The molecule has 3 aromatic heterocycles. The van der Waals surface area contributed by atoms with Crippen LogP contribution in [0.5, 0.6) is 0 Å². The van der Waals surface area contributed by atoms with Gasteiger partial charge in [-0.25, -0.2) is 14.5 Å². The number of fused-ring (bicyclic) bond motifs is 1. The molecule has 140 valence electrons. The third-order valence-electron chi connectivity index (χ3n) is 5.19. The van der Waals surface area contributed by atoms with E-state index in [9.17, 15) is 4.79 Å². The summed E-state index contributed by atoms with van der Waals surface area (Å²) in [7, 11) is 0. The van der Waals surface area contributed by atoms with E-state index in [1.165, 1.54) is 35.0 Å². The fourth-order valence-electron chi connectivity index (χ4n) is 3.65. The van der Waals surface area contributed by atoms with Crippen LogP contribution in [0.3, 0.4) is 0 Å². The molecule has 0 aromatic carbocycles. The van der Waals surface area contributed by atoms with Crippen molar-refractivity contribution in [1.82, 2.24) is 29.7 Å². The molecule has 5 rings (SSSR count). The molecule has 2 aliphatic rings. The summed E-state index contributed by atoms with van der Waals surface area (Å²) in [5, 5.41) is 20.0. The first-order chi connectivity index (χ1) is 13.2. The third-order valence-corrected chi connectivity index (χ3v) is 5.19. The van der Waals surface area contributed by atoms with Gasteiger partial charge < -0.3 is 19.7 Å². The van der Waals surface area contributed by atoms with Crippen molar-refractivity contribution in [2.24, 2.45) is 0 Å². The van der Waals surface area contributed by atoms with E-state index < -0.39 is 5.97 Å². The second kappa shape index (κ2) is 6.34. The van der Waals surface area contributed by atoms with E-state index in [4.69, 9.17) is 10.1 Å². The van der Waals surface area contributed by atoms with Crippen LogP contribution in [0.15, 0.2) is 24.7 Å². The molecule has 1 aliphatic heterocycles. The summed E-state index contributed by atoms with van der Waals surface area (Å²) >= 11 is 0. The molecule has 27 heavy (non-hydrogen) atoms. The number of rotatable bonds is 5. The van der Waals surface area contributed by atoms with Crippen molar-refractivity contribution in [3.05, 3.63) is 41.6 Å². The van der Waals surface area contributed by atoms with Crippen LogP contribution in [0.25, 0.3) is 5.65 Å². The second-order valence-corrected chi connectivity index (χ2v) is 7.24. The summed E-state index contributed by atoms with van der Waals surface area (Å²) in [5.74, 6) is -0.415. The van der Waals surface area contributed by atoms with Gasteiger partial charge in [-0.15, -0.1) is 5.10 Å². The van der Waals surface area contributed by atoms with Gasteiger partial charge in [0.1, 0.15) is 0 Å². The molecule has 9 nitrogen and oxygen atoms in total. The molecule has 1 saturated carbocycles. The average Bonchev–Trinajstić information content (AvgIpc) is 3.28. The number of carbonyl (C=O) groups is 1. The number of nitrogens with one attached hydrogen (secondary N) is 1. The van der Waals surface area contributed by atoms with Crippen LogP contribution in [-0.4, -0.2) is 61.6 Å². The number of pyridine rings is 1. The number of hydrogen-bond donors (Lipinski definition) is 2. The van der Waals surface area contributed by atoms with Gasteiger partial charge in [-0.05, 0) is 30.4 Å². The third kappa shape index (κ3) is 3.14. The Hall–Kier alpha value is -2.94. The Morgan fingerprint density at radius 2 is 2.04 bits per heavy atom. The van der Waals surface area contributed by atoms with Crippen molar-refractivity contribution >= 4 is 17.3 Å².